The van der Waals surface area contributed by atoms with Crippen LogP contribution in [0.25, 0.3) is 0 Å². The summed E-state index contributed by atoms with van der Waals surface area (Å²) in [7, 11) is 1.34. The summed E-state index contributed by atoms with van der Waals surface area (Å²) in [4.78, 5) is 11.0. The molecule has 0 fully saturated rings. The maximum atomic E-state index is 11.0. The van der Waals surface area contributed by atoms with Gasteiger partial charge in [-0.1, -0.05) is 13.8 Å². The van der Waals surface area contributed by atoms with Crippen LogP contribution >= 0.6 is 11.8 Å². The zero-order valence-corrected chi connectivity index (χ0v) is 11.2. The van der Waals surface area contributed by atoms with E-state index in [0.717, 1.165) is 18.6 Å². The fraction of sp³-hybridized carbons (Fsp3) is 0.909. The number of hydrogen-bond acceptors (Lipinski definition) is 5. The molecule has 0 bridgehead atoms. The molecule has 1 atom stereocenters. The van der Waals surface area contributed by atoms with Crippen molar-refractivity contribution in [3.63, 3.8) is 0 Å². The maximum Gasteiger partial charge on any atom is 0.322 e. The molecule has 96 valence electrons. The van der Waals surface area contributed by atoms with Gasteiger partial charge in [-0.2, -0.15) is 11.8 Å². The Labute approximate surface area is 102 Å². The quantitative estimate of drug-likeness (QED) is 0.499. The monoisotopic (exact) mass is 249 g/mol. The molecule has 16 heavy (non-hydrogen) atoms. The summed E-state index contributed by atoms with van der Waals surface area (Å²) >= 11 is 1.63. The molecule has 0 saturated heterocycles. The predicted molar refractivity (Wildman–Crippen MR) is 67.5 cm³/mol. The van der Waals surface area contributed by atoms with Crippen LogP contribution in [-0.4, -0.2) is 41.3 Å². The van der Waals surface area contributed by atoms with Gasteiger partial charge in [-0.25, -0.2) is 0 Å². The number of aliphatic hydroxyl groups is 1. The number of hydrogen-bond donors (Lipinski definition) is 2. The van der Waals surface area contributed by atoms with Crippen LogP contribution < -0.4 is 5.73 Å². The standard InChI is InChI=1S/C11H23NO3S/c1-4-11(14,5-2)8-16-7-6-9(12)10(13)15-3/h9,14H,4-8,12H2,1-3H3. The van der Waals surface area contributed by atoms with Crippen molar-refractivity contribution in [2.24, 2.45) is 5.73 Å². The minimum absolute atomic E-state index is 0.373. The minimum atomic E-state index is -0.583. The third kappa shape index (κ3) is 5.72. The van der Waals surface area contributed by atoms with E-state index < -0.39 is 11.6 Å². The Hall–Kier alpha value is -0.260. The van der Waals surface area contributed by atoms with Crippen LogP contribution in [0.2, 0.25) is 0 Å². The molecular weight excluding hydrogens is 226 g/mol. The number of carbonyl (C=O) groups is 1. The zero-order chi connectivity index (χ0) is 12.6. The Bertz CT molecular complexity index is 207. The van der Waals surface area contributed by atoms with Crippen molar-refractivity contribution in [1.82, 2.24) is 0 Å². The summed E-state index contributed by atoms with van der Waals surface area (Å²) in [5, 5.41) is 10.0. The van der Waals surface area contributed by atoms with Crippen LogP contribution in [0, 0.1) is 0 Å². The summed E-state index contributed by atoms with van der Waals surface area (Å²) in [6.07, 6.45) is 2.08. The number of ether oxygens (including phenoxy) is 1. The number of carbonyl (C=O) groups excluding carboxylic acids is 1. The van der Waals surface area contributed by atoms with Crippen molar-refractivity contribution in [2.45, 2.75) is 44.8 Å². The van der Waals surface area contributed by atoms with Crippen LogP contribution in [0.3, 0.4) is 0 Å². The van der Waals surface area contributed by atoms with Crippen molar-refractivity contribution >= 4 is 17.7 Å². The van der Waals surface area contributed by atoms with Gasteiger partial charge in [0.15, 0.2) is 0 Å². The van der Waals surface area contributed by atoms with Gasteiger partial charge in [0, 0.05) is 5.75 Å². The number of methoxy groups -OCH3 is 1. The van der Waals surface area contributed by atoms with Gasteiger partial charge in [0.05, 0.1) is 12.7 Å². The summed E-state index contributed by atoms with van der Waals surface area (Å²) in [6, 6.07) is -0.547. The molecule has 0 aromatic carbocycles. The SMILES string of the molecule is CCC(O)(CC)CSCCC(N)C(=O)OC. The van der Waals surface area contributed by atoms with Crippen molar-refractivity contribution in [2.75, 3.05) is 18.6 Å². The molecule has 5 heteroatoms. The van der Waals surface area contributed by atoms with Gasteiger partial charge in [-0.05, 0) is 25.0 Å². The smallest absolute Gasteiger partial charge is 0.322 e. The van der Waals surface area contributed by atoms with Crippen LogP contribution in [-0.2, 0) is 9.53 Å². The number of thioether (sulfide) groups is 1. The van der Waals surface area contributed by atoms with Crippen LogP contribution in [0.5, 0.6) is 0 Å². The Balaban J connectivity index is 3.71. The van der Waals surface area contributed by atoms with E-state index in [0.29, 0.717) is 12.2 Å². The molecule has 0 aliphatic carbocycles. The fourth-order valence-corrected chi connectivity index (χ4v) is 2.55. The highest BCUT2D eigenvalue weighted by molar-refractivity contribution is 7.99. The normalized spacial score (nSPS) is 13.6. The van der Waals surface area contributed by atoms with Gasteiger partial charge in [-0.15, -0.1) is 0 Å². The van der Waals surface area contributed by atoms with Crippen molar-refractivity contribution in [3.05, 3.63) is 0 Å². The largest absolute Gasteiger partial charge is 0.468 e. The number of esters is 1. The maximum absolute atomic E-state index is 11.0. The lowest BCUT2D eigenvalue weighted by molar-refractivity contribution is -0.142. The summed E-state index contributed by atoms with van der Waals surface area (Å²) < 4.78 is 4.53. The summed E-state index contributed by atoms with van der Waals surface area (Å²) in [5.74, 6) is 1.08. The van der Waals surface area contributed by atoms with E-state index >= 15 is 0 Å². The molecule has 0 aromatic heterocycles. The molecule has 1 unspecified atom stereocenters. The Morgan fingerprint density at radius 1 is 1.50 bits per heavy atom. The van der Waals surface area contributed by atoms with Crippen LogP contribution in [0.15, 0.2) is 0 Å². The van der Waals surface area contributed by atoms with E-state index in [1.54, 1.807) is 11.8 Å². The highest BCUT2D eigenvalue weighted by atomic mass is 32.2. The fourth-order valence-electron chi connectivity index (χ4n) is 1.20. The second-order valence-electron chi connectivity index (χ2n) is 3.90. The van der Waals surface area contributed by atoms with Crippen molar-refractivity contribution in [1.29, 1.82) is 0 Å². The topological polar surface area (TPSA) is 72.5 Å². The van der Waals surface area contributed by atoms with Crippen LogP contribution in [0.1, 0.15) is 33.1 Å². The third-order valence-corrected chi connectivity index (χ3v) is 4.03. The molecule has 0 spiro atoms. The molecular formula is C11H23NO3S. The summed E-state index contributed by atoms with van der Waals surface area (Å²) in [6.45, 7) is 3.95. The van der Waals surface area contributed by atoms with Crippen molar-refractivity contribution < 1.29 is 14.6 Å². The molecule has 0 saturated carbocycles. The molecule has 0 rings (SSSR count). The average Bonchev–Trinajstić information content (AvgIpc) is 2.32. The average molecular weight is 249 g/mol. The van der Waals surface area contributed by atoms with Crippen molar-refractivity contribution in [3.8, 4) is 0 Å². The predicted octanol–water partition coefficient (Wildman–Crippen LogP) is 1.16. The van der Waals surface area contributed by atoms with E-state index in [4.69, 9.17) is 5.73 Å². The third-order valence-electron chi connectivity index (χ3n) is 2.76. The van der Waals surface area contributed by atoms with Gasteiger partial charge in [0.2, 0.25) is 0 Å². The molecule has 0 aromatic rings. The van der Waals surface area contributed by atoms with E-state index in [1.807, 2.05) is 13.8 Å². The lowest BCUT2D eigenvalue weighted by Crippen LogP contribution is -2.33. The second kappa shape index (κ2) is 7.92. The molecule has 0 amide bonds. The Morgan fingerprint density at radius 3 is 2.50 bits per heavy atom. The lowest BCUT2D eigenvalue weighted by Gasteiger charge is -2.24. The molecule has 0 aliphatic rings. The molecule has 4 nitrogen and oxygen atoms in total. The van der Waals surface area contributed by atoms with Gasteiger partial charge in [0.1, 0.15) is 6.04 Å². The first-order valence-electron chi connectivity index (χ1n) is 5.62. The highest BCUT2D eigenvalue weighted by Crippen LogP contribution is 2.21. The molecule has 3 N–H and O–H groups in total. The van der Waals surface area contributed by atoms with Crippen LogP contribution in [0.4, 0.5) is 0 Å². The number of rotatable bonds is 8. The van der Waals surface area contributed by atoms with E-state index in [2.05, 4.69) is 4.74 Å². The van der Waals surface area contributed by atoms with Gasteiger partial charge < -0.3 is 15.6 Å². The first-order chi connectivity index (χ1) is 7.49. The Kier molecular flexibility index (Phi) is 7.80. The van der Waals surface area contributed by atoms with E-state index in [9.17, 15) is 9.90 Å². The van der Waals surface area contributed by atoms with Gasteiger partial charge >= 0.3 is 5.97 Å². The van der Waals surface area contributed by atoms with E-state index in [1.165, 1.54) is 7.11 Å². The Morgan fingerprint density at radius 2 is 2.06 bits per heavy atom. The van der Waals surface area contributed by atoms with Gasteiger partial charge in [-0.3, -0.25) is 4.79 Å². The second-order valence-corrected chi connectivity index (χ2v) is 5.01. The highest BCUT2D eigenvalue weighted by Gasteiger charge is 2.22. The zero-order valence-electron chi connectivity index (χ0n) is 10.4. The van der Waals surface area contributed by atoms with E-state index in [-0.39, 0.29) is 5.97 Å². The number of nitrogens with two attached hydrogens (primary N) is 1. The minimum Gasteiger partial charge on any atom is -0.468 e. The van der Waals surface area contributed by atoms with Gasteiger partial charge in [0.25, 0.3) is 0 Å². The first kappa shape index (κ1) is 15.7. The summed E-state index contributed by atoms with van der Waals surface area (Å²) in [5.41, 5.74) is 5.01. The molecule has 0 aliphatic heterocycles. The molecule has 0 heterocycles. The first-order valence-corrected chi connectivity index (χ1v) is 6.78. The molecule has 0 radical (unpaired) electrons. The lowest BCUT2D eigenvalue weighted by atomic mass is 10.0.